The Labute approximate surface area is 97.8 Å². The van der Waals surface area contributed by atoms with Crippen LogP contribution in [0, 0.1) is 11.8 Å². The molecule has 0 radical (unpaired) electrons. The molecule has 0 heterocycles. The third-order valence-electron chi connectivity index (χ3n) is 2.97. The van der Waals surface area contributed by atoms with Gasteiger partial charge in [0.1, 0.15) is 0 Å². The van der Waals surface area contributed by atoms with Crippen LogP contribution in [0.5, 0.6) is 0 Å². The maximum atomic E-state index is 5.85. The van der Waals surface area contributed by atoms with Crippen molar-refractivity contribution in [2.24, 2.45) is 11.8 Å². The molecule has 2 atom stereocenters. The number of benzene rings is 1. The van der Waals surface area contributed by atoms with Gasteiger partial charge in [-0.15, -0.1) is 0 Å². The van der Waals surface area contributed by atoms with Crippen molar-refractivity contribution >= 4 is 11.6 Å². The van der Waals surface area contributed by atoms with E-state index in [2.05, 4.69) is 31.3 Å². The highest BCUT2D eigenvalue weighted by Crippen LogP contribution is 2.18. The Bertz CT molecular complexity index is 281. The molecule has 1 aromatic carbocycles. The van der Waals surface area contributed by atoms with E-state index < -0.39 is 0 Å². The minimum absolute atomic E-state index is 0.693. The van der Waals surface area contributed by atoms with Gasteiger partial charge in [0.15, 0.2) is 0 Å². The predicted molar refractivity (Wildman–Crippen MR) is 67.4 cm³/mol. The molecule has 1 nitrogen and oxygen atoms in total. The van der Waals surface area contributed by atoms with E-state index in [1.54, 1.807) is 0 Å². The SMILES string of the molecule is CNCC(C)C(C)Cc1ccc(Cl)cc1. The summed E-state index contributed by atoms with van der Waals surface area (Å²) in [5, 5.41) is 4.04. The molecule has 2 unspecified atom stereocenters. The highest BCUT2D eigenvalue weighted by atomic mass is 35.5. The average molecular weight is 226 g/mol. The van der Waals surface area contributed by atoms with Gasteiger partial charge in [0, 0.05) is 5.02 Å². The van der Waals surface area contributed by atoms with Crippen LogP contribution >= 0.6 is 11.6 Å². The summed E-state index contributed by atoms with van der Waals surface area (Å²) in [6.07, 6.45) is 1.13. The second-order valence-electron chi connectivity index (χ2n) is 4.34. The molecule has 0 aliphatic carbocycles. The minimum atomic E-state index is 0.693. The lowest BCUT2D eigenvalue weighted by Gasteiger charge is -2.19. The molecule has 1 aromatic rings. The van der Waals surface area contributed by atoms with Crippen LogP contribution < -0.4 is 5.32 Å². The first kappa shape index (κ1) is 12.5. The molecule has 84 valence electrons. The van der Waals surface area contributed by atoms with Crippen LogP contribution in [0.1, 0.15) is 19.4 Å². The van der Waals surface area contributed by atoms with E-state index in [1.807, 2.05) is 19.2 Å². The fourth-order valence-electron chi connectivity index (χ4n) is 1.72. The summed E-state index contributed by atoms with van der Waals surface area (Å²) in [4.78, 5) is 0. The van der Waals surface area contributed by atoms with Gasteiger partial charge in [0.2, 0.25) is 0 Å². The predicted octanol–water partition coefficient (Wildman–Crippen LogP) is 3.37. The maximum absolute atomic E-state index is 5.85. The van der Waals surface area contributed by atoms with Crippen molar-refractivity contribution in [3.8, 4) is 0 Å². The third-order valence-corrected chi connectivity index (χ3v) is 3.22. The number of nitrogens with one attached hydrogen (secondary N) is 1. The fourth-order valence-corrected chi connectivity index (χ4v) is 1.84. The molecule has 0 spiro atoms. The quantitative estimate of drug-likeness (QED) is 0.810. The fraction of sp³-hybridized carbons (Fsp3) is 0.538. The molecule has 2 heteroatoms. The first-order valence-electron chi connectivity index (χ1n) is 5.52. The van der Waals surface area contributed by atoms with E-state index in [1.165, 1.54) is 5.56 Å². The minimum Gasteiger partial charge on any atom is -0.319 e. The zero-order valence-corrected chi connectivity index (χ0v) is 10.5. The molecule has 0 aliphatic heterocycles. The van der Waals surface area contributed by atoms with Crippen molar-refractivity contribution in [2.75, 3.05) is 13.6 Å². The molecule has 0 fully saturated rings. The molecule has 0 bridgehead atoms. The van der Waals surface area contributed by atoms with Gasteiger partial charge in [0.05, 0.1) is 0 Å². The van der Waals surface area contributed by atoms with Crippen molar-refractivity contribution in [3.05, 3.63) is 34.9 Å². The Kier molecular flexibility index (Phi) is 5.13. The first-order chi connectivity index (χ1) is 7.13. The Morgan fingerprint density at radius 1 is 1.13 bits per heavy atom. The Morgan fingerprint density at radius 2 is 1.73 bits per heavy atom. The van der Waals surface area contributed by atoms with Crippen LogP contribution in [0.4, 0.5) is 0 Å². The first-order valence-corrected chi connectivity index (χ1v) is 5.90. The third kappa shape index (κ3) is 4.23. The average Bonchev–Trinajstić information content (AvgIpc) is 2.22. The van der Waals surface area contributed by atoms with Crippen LogP contribution in [-0.4, -0.2) is 13.6 Å². The van der Waals surface area contributed by atoms with Crippen molar-refractivity contribution in [1.29, 1.82) is 0 Å². The van der Waals surface area contributed by atoms with Gasteiger partial charge in [-0.3, -0.25) is 0 Å². The highest BCUT2D eigenvalue weighted by molar-refractivity contribution is 6.30. The second-order valence-corrected chi connectivity index (χ2v) is 4.78. The number of hydrogen-bond donors (Lipinski definition) is 1. The summed E-state index contributed by atoms with van der Waals surface area (Å²) in [6, 6.07) is 8.16. The zero-order chi connectivity index (χ0) is 11.3. The summed E-state index contributed by atoms with van der Waals surface area (Å²) < 4.78 is 0. The summed E-state index contributed by atoms with van der Waals surface area (Å²) in [5.74, 6) is 1.39. The second kappa shape index (κ2) is 6.14. The molecule has 1 N–H and O–H groups in total. The lowest BCUT2D eigenvalue weighted by molar-refractivity contribution is 0.374. The van der Waals surface area contributed by atoms with Gasteiger partial charge in [0.25, 0.3) is 0 Å². The lowest BCUT2D eigenvalue weighted by Crippen LogP contribution is -2.23. The Morgan fingerprint density at radius 3 is 2.27 bits per heavy atom. The monoisotopic (exact) mass is 225 g/mol. The van der Waals surface area contributed by atoms with E-state index in [-0.39, 0.29) is 0 Å². The van der Waals surface area contributed by atoms with E-state index >= 15 is 0 Å². The van der Waals surface area contributed by atoms with E-state index in [9.17, 15) is 0 Å². The van der Waals surface area contributed by atoms with Gasteiger partial charge in [-0.25, -0.2) is 0 Å². The molecule has 0 aromatic heterocycles. The Balaban J connectivity index is 2.50. The van der Waals surface area contributed by atoms with Crippen LogP contribution in [0.3, 0.4) is 0 Å². The largest absolute Gasteiger partial charge is 0.319 e. The van der Waals surface area contributed by atoms with Crippen molar-refractivity contribution < 1.29 is 0 Å². The van der Waals surface area contributed by atoms with Gasteiger partial charge in [-0.05, 0) is 49.5 Å². The van der Waals surface area contributed by atoms with E-state index in [0.29, 0.717) is 11.8 Å². The molecule has 1 rings (SSSR count). The number of rotatable bonds is 5. The van der Waals surface area contributed by atoms with E-state index in [0.717, 1.165) is 18.0 Å². The maximum Gasteiger partial charge on any atom is 0.0406 e. The van der Waals surface area contributed by atoms with Gasteiger partial charge in [-0.1, -0.05) is 37.6 Å². The molecule has 0 amide bonds. The molecule has 0 saturated carbocycles. The van der Waals surface area contributed by atoms with Crippen molar-refractivity contribution in [3.63, 3.8) is 0 Å². The molecular weight excluding hydrogens is 206 g/mol. The van der Waals surface area contributed by atoms with Crippen LogP contribution in [0.25, 0.3) is 0 Å². The zero-order valence-electron chi connectivity index (χ0n) is 9.76. The van der Waals surface area contributed by atoms with Gasteiger partial charge in [-0.2, -0.15) is 0 Å². The lowest BCUT2D eigenvalue weighted by atomic mass is 9.90. The molecule has 15 heavy (non-hydrogen) atoms. The van der Waals surface area contributed by atoms with Crippen molar-refractivity contribution in [1.82, 2.24) is 5.32 Å². The topological polar surface area (TPSA) is 12.0 Å². The van der Waals surface area contributed by atoms with Crippen LogP contribution in [0.15, 0.2) is 24.3 Å². The standard InChI is InChI=1S/C13H20ClN/c1-10(11(2)9-15-3)8-12-4-6-13(14)7-5-12/h4-7,10-11,15H,8-9H2,1-3H3. The summed E-state index contributed by atoms with van der Waals surface area (Å²) in [7, 11) is 2.01. The summed E-state index contributed by atoms with van der Waals surface area (Å²) in [5.41, 5.74) is 1.37. The molecular formula is C13H20ClN. The van der Waals surface area contributed by atoms with Gasteiger partial charge < -0.3 is 5.32 Å². The molecule has 0 saturated heterocycles. The number of halogens is 1. The summed E-state index contributed by atoms with van der Waals surface area (Å²) >= 11 is 5.85. The normalized spacial score (nSPS) is 14.9. The van der Waals surface area contributed by atoms with E-state index in [4.69, 9.17) is 11.6 Å². The smallest absolute Gasteiger partial charge is 0.0406 e. The summed E-state index contributed by atoms with van der Waals surface area (Å²) in [6.45, 7) is 5.67. The van der Waals surface area contributed by atoms with Crippen LogP contribution in [-0.2, 0) is 6.42 Å². The highest BCUT2D eigenvalue weighted by Gasteiger charge is 2.11. The van der Waals surface area contributed by atoms with Crippen molar-refractivity contribution in [2.45, 2.75) is 20.3 Å². The molecule has 0 aliphatic rings. The number of hydrogen-bond acceptors (Lipinski definition) is 1. The van der Waals surface area contributed by atoms with Crippen LogP contribution in [0.2, 0.25) is 5.02 Å². The Hall–Kier alpha value is -0.530. The van der Waals surface area contributed by atoms with Gasteiger partial charge >= 0.3 is 0 Å².